The van der Waals surface area contributed by atoms with Gasteiger partial charge in [-0.25, -0.2) is 4.39 Å². The molecule has 4 heteroatoms. The van der Waals surface area contributed by atoms with Crippen molar-refractivity contribution in [3.05, 3.63) is 30.1 Å². The van der Waals surface area contributed by atoms with Crippen molar-refractivity contribution < 1.29 is 9.18 Å². The molecule has 1 aromatic carbocycles. The lowest BCUT2D eigenvalue weighted by Crippen LogP contribution is -2.48. The maximum Gasteiger partial charge on any atom is 0.149 e. The van der Waals surface area contributed by atoms with E-state index in [-0.39, 0.29) is 17.5 Å². The zero-order valence-corrected chi connectivity index (χ0v) is 11.6. The molecule has 1 aromatic rings. The first kappa shape index (κ1) is 14.0. The summed E-state index contributed by atoms with van der Waals surface area (Å²) in [5.41, 5.74) is 0.664. The molecule has 2 rings (SSSR count). The lowest BCUT2D eigenvalue weighted by atomic mass is 10.1. The SMILES string of the molecule is CC(C)C(=O)CN1CCN(c2ccccc2F)CC1. The van der Waals surface area contributed by atoms with Crippen LogP contribution >= 0.6 is 0 Å². The van der Waals surface area contributed by atoms with Crippen LogP contribution in [0.25, 0.3) is 0 Å². The maximum atomic E-state index is 13.7. The molecular weight excluding hydrogens is 243 g/mol. The zero-order valence-electron chi connectivity index (χ0n) is 11.6. The molecule has 3 nitrogen and oxygen atoms in total. The summed E-state index contributed by atoms with van der Waals surface area (Å²) >= 11 is 0. The van der Waals surface area contributed by atoms with Crippen molar-refractivity contribution in [2.75, 3.05) is 37.6 Å². The normalized spacial score (nSPS) is 16.9. The van der Waals surface area contributed by atoms with Gasteiger partial charge in [0.15, 0.2) is 0 Å². The molecule has 1 aliphatic heterocycles. The number of anilines is 1. The second-order valence-corrected chi connectivity index (χ2v) is 5.34. The van der Waals surface area contributed by atoms with Gasteiger partial charge in [-0.3, -0.25) is 9.69 Å². The Morgan fingerprint density at radius 1 is 1.21 bits per heavy atom. The van der Waals surface area contributed by atoms with Gasteiger partial charge in [-0.1, -0.05) is 26.0 Å². The molecule has 104 valence electrons. The summed E-state index contributed by atoms with van der Waals surface area (Å²) in [5, 5.41) is 0. The van der Waals surface area contributed by atoms with Gasteiger partial charge in [0.1, 0.15) is 11.6 Å². The van der Waals surface area contributed by atoms with Gasteiger partial charge in [-0.05, 0) is 12.1 Å². The maximum absolute atomic E-state index is 13.7. The summed E-state index contributed by atoms with van der Waals surface area (Å²) in [6.45, 7) is 7.54. The number of ketones is 1. The summed E-state index contributed by atoms with van der Waals surface area (Å²) in [4.78, 5) is 15.9. The Kier molecular flexibility index (Phi) is 4.53. The van der Waals surface area contributed by atoms with Crippen LogP contribution in [0.15, 0.2) is 24.3 Å². The number of para-hydroxylation sites is 1. The van der Waals surface area contributed by atoms with Crippen molar-refractivity contribution in [2.45, 2.75) is 13.8 Å². The van der Waals surface area contributed by atoms with Crippen LogP contribution in [0.3, 0.4) is 0 Å². The molecule has 0 aliphatic carbocycles. The van der Waals surface area contributed by atoms with Gasteiger partial charge in [0.25, 0.3) is 0 Å². The molecule has 1 fully saturated rings. The number of Topliss-reactive ketones (excluding diaryl/α,β-unsaturated/α-hetero) is 1. The van der Waals surface area contributed by atoms with E-state index in [2.05, 4.69) is 4.90 Å². The Labute approximate surface area is 114 Å². The Morgan fingerprint density at radius 3 is 2.42 bits per heavy atom. The molecule has 0 spiro atoms. The van der Waals surface area contributed by atoms with Crippen molar-refractivity contribution in [1.29, 1.82) is 0 Å². The predicted octanol–water partition coefficient (Wildman–Crippen LogP) is 2.17. The van der Waals surface area contributed by atoms with Gasteiger partial charge in [0, 0.05) is 32.1 Å². The highest BCUT2D eigenvalue weighted by Gasteiger charge is 2.21. The quantitative estimate of drug-likeness (QED) is 0.832. The number of benzene rings is 1. The van der Waals surface area contributed by atoms with E-state index < -0.39 is 0 Å². The standard InChI is InChI=1S/C15H21FN2O/c1-12(2)15(19)11-17-7-9-18(10-8-17)14-6-4-3-5-13(14)16/h3-6,12H,7-11H2,1-2H3. The minimum atomic E-state index is -0.172. The van der Waals surface area contributed by atoms with Crippen LogP contribution in [0.1, 0.15) is 13.8 Å². The summed E-state index contributed by atoms with van der Waals surface area (Å²) in [6.07, 6.45) is 0. The molecular formula is C15H21FN2O. The molecule has 0 radical (unpaired) electrons. The molecule has 0 aromatic heterocycles. The lowest BCUT2D eigenvalue weighted by molar-refractivity contribution is -0.123. The van der Waals surface area contributed by atoms with Gasteiger partial charge in [-0.15, -0.1) is 0 Å². The van der Waals surface area contributed by atoms with Gasteiger partial charge >= 0.3 is 0 Å². The molecule has 0 N–H and O–H groups in total. The third kappa shape index (κ3) is 3.53. The van der Waals surface area contributed by atoms with Crippen LogP contribution < -0.4 is 4.90 Å². The van der Waals surface area contributed by atoms with Crippen LogP contribution in [-0.2, 0) is 4.79 Å². The predicted molar refractivity (Wildman–Crippen MR) is 74.9 cm³/mol. The van der Waals surface area contributed by atoms with E-state index >= 15 is 0 Å². The number of carbonyl (C=O) groups excluding carboxylic acids is 1. The smallest absolute Gasteiger partial charge is 0.149 e. The van der Waals surface area contributed by atoms with Crippen molar-refractivity contribution in [1.82, 2.24) is 4.90 Å². The Balaban J connectivity index is 1.89. The number of carbonyl (C=O) groups is 1. The molecule has 0 unspecified atom stereocenters. The van der Waals surface area contributed by atoms with Gasteiger partial charge in [0.2, 0.25) is 0 Å². The first-order valence-corrected chi connectivity index (χ1v) is 6.82. The Hall–Kier alpha value is -1.42. The zero-order chi connectivity index (χ0) is 13.8. The minimum absolute atomic E-state index is 0.0876. The third-order valence-electron chi connectivity index (χ3n) is 3.59. The fraction of sp³-hybridized carbons (Fsp3) is 0.533. The number of piperazine rings is 1. The van der Waals surface area contributed by atoms with Gasteiger partial charge in [0.05, 0.1) is 12.2 Å². The van der Waals surface area contributed by atoms with Gasteiger partial charge < -0.3 is 4.90 Å². The highest BCUT2D eigenvalue weighted by molar-refractivity contribution is 5.82. The first-order chi connectivity index (χ1) is 9.08. The number of halogens is 1. The Morgan fingerprint density at radius 2 is 1.84 bits per heavy atom. The molecule has 0 saturated carbocycles. The van der Waals surface area contributed by atoms with E-state index in [1.54, 1.807) is 6.07 Å². The summed E-state index contributed by atoms with van der Waals surface area (Å²) < 4.78 is 13.7. The molecule has 0 amide bonds. The summed E-state index contributed by atoms with van der Waals surface area (Å²) in [6, 6.07) is 6.86. The van der Waals surface area contributed by atoms with E-state index in [0.717, 1.165) is 26.2 Å². The fourth-order valence-corrected chi connectivity index (χ4v) is 2.26. The van der Waals surface area contributed by atoms with Crippen LogP contribution in [0, 0.1) is 11.7 Å². The van der Waals surface area contributed by atoms with Crippen molar-refractivity contribution in [3.63, 3.8) is 0 Å². The largest absolute Gasteiger partial charge is 0.367 e. The summed E-state index contributed by atoms with van der Waals surface area (Å²) in [5.74, 6) is 0.193. The van der Waals surface area contributed by atoms with Crippen molar-refractivity contribution in [3.8, 4) is 0 Å². The first-order valence-electron chi connectivity index (χ1n) is 6.82. The van der Waals surface area contributed by atoms with E-state index in [1.165, 1.54) is 6.07 Å². The molecule has 0 bridgehead atoms. The van der Waals surface area contributed by atoms with E-state index in [0.29, 0.717) is 12.2 Å². The lowest BCUT2D eigenvalue weighted by Gasteiger charge is -2.36. The Bertz CT molecular complexity index is 440. The second-order valence-electron chi connectivity index (χ2n) is 5.34. The molecule has 1 heterocycles. The third-order valence-corrected chi connectivity index (χ3v) is 3.59. The number of hydrogen-bond acceptors (Lipinski definition) is 3. The monoisotopic (exact) mass is 264 g/mol. The van der Waals surface area contributed by atoms with E-state index in [9.17, 15) is 9.18 Å². The van der Waals surface area contributed by atoms with E-state index in [1.807, 2.05) is 30.9 Å². The van der Waals surface area contributed by atoms with Gasteiger partial charge in [-0.2, -0.15) is 0 Å². The topological polar surface area (TPSA) is 23.6 Å². The van der Waals surface area contributed by atoms with Crippen molar-refractivity contribution in [2.24, 2.45) is 5.92 Å². The minimum Gasteiger partial charge on any atom is -0.367 e. The molecule has 0 atom stereocenters. The second kappa shape index (κ2) is 6.15. The highest BCUT2D eigenvalue weighted by atomic mass is 19.1. The summed E-state index contributed by atoms with van der Waals surface area (Å²) in [7, 11) is 0. The average Bonchev–Trinajstić information content (AvgIpc) is 2.40. The molecule has 19 heavy (non-hydrogen) atoms. The number of nitrogens with zero attached hydrogens (tertiary/aromatic N) is 2. The van der Waals surface area contributed by atoms with E-state index in [4.69, 9.17) is 0 Å². The molecule has 1 aliphatic rings. The molecule has 1 saturated heterocycles. The highest BCUT2D eigenvalue weighted by Crippen LogP contribution is 2.20. The number of rotatable bonds is 4. The van der Waals surface area contributed by atoms with Crippen molar-refractivity contribution >= 4 is 11.5 Å². The van der Waals surface area contributed by atoms with Crippen LogP contribution in [0.2, 0.25) is 0 Å². The van der Waals surface area contributed by atoms with Crippen LogP contribution in [-0.4, -0.2) is 43.4 Å². The van der Waals surface area contributed by atoms with Crippen LogP contribution in [0.4, 0.5) is 10.1 Å². The fourth-order valence-electron chi connectivity index (χ4n) is 2.26. The average molecular weight is 264 g/mol. The van der Waals surface area contributed by atoms with Crippen LogP contribution in [0.5, 0.6) is 0 Å². The number of hydrogen-bond donors (Lipinski definition) is 0.